The molecule has 5 nitrogen and oxygen atoms in total. The van der Waals surface area contributed by atoms with Crippen molar-refractivity contribution in [2.45, 2.75) is 11.1 Å². The van der Waals surface area contributed by atoms with Crippen molar-refractivity contribution in [2.24, 2.45) is 0 Å². The molecule has 0 unspecified atom stereocenters. The number of ether oxygens (including phenoxy) is 1. The second kappa shape index (κ2) is 5.08. The zero-order chi connectivity index (χ0) is 14.8. The molecule has 0 aliphatic carbocycles. The van der Waals surface area contributed by atoms with E-state index in [1.807, 2.05) is 0 Å². The summed E-state index contributed by atoms with van der Waals surface area (Å²) >= 11 is 0. The van der Waals surface area contributed by atoms with Crippen LogP contribution in [0.1, 0.15) is 10.4 Å². The van der Waals surface area contributed by atoms with Gasteiger partial charge in [0.2, 0.25) is 0 Å². The van der Waals surface area contributed by atoms with Gasteiger partial charge in [-0.15, -0.1) is 0 Å². The average Bonchev–Trinajstić information content (AvgIpc) is 2.24. The number of hydrogen-bond donors (Lipinski definition) is 1. The van der Waals surface area contributed by atoms with Crippen molar-refractivity contribution in [1.29, 1.82) is 0 Å². The van der Waals surface area contributed by atoms with Crippen molar-refractivity contribution < 1.29 is 36.2 Å². The monoisotopic (exact) mass is 298 g/mol. The average molecular weight is 298 g/mol. The minimum atomic E-state index is -4.90. The minimum Gasteiger partial charge on any atom is -0.496 e. The van der Waals surface area contributed by atoms with E-state index in [0.29, 0.717) is 6.07 Å². The first-order valence-electron chi connectivity index (χ1n) is 4.77. The number of carboxylic acid groups (broad SMARTS) is 1. The third-order valence-electron chi connectivity index (χ3n) is 2.11. The molecule has 0 spiro atoms. The topological polar surface area (TPSA) is 80.7 Å². The SMILES string of the molecule is COc1ccc(S(=O)(=O)CC(F)(F)F)cc1C(=O)O. The highest BCUT2D eigenvalue weighted by Gasteiger charge is 2.36. The highest BCUT2D eigenvalue weighted by Crippen LogP contribution is 2.26. The van der Waals surface area contributed by atoms with E-state index in [1.165, 1.54) is 0 Å². The maximum absolute atomic E-state index is 12.1. The molecule has 0 bridgehead atoms. The predicted molar refractivity (Wildman–Crippen MR) is 58.1 cm³/mol. The molecule has 1 aromatic rings. The third kappa shape index (κ3) is 3.85. The van der Waals surface area contributed by atoms with Crippen molar-refractivity contribution in [1.82, 2.24) is 0 Å². The van der Waals surface area contributed by atoms with E-state index >= 15 is 0 Å². The second-order valence-electron chi connectivity index (χ2n) is 3.54. The molecule has 0 fully saturated rings. The lowest BCUT2D eigenvalue weighted by Gasteiger charge is -2.10. The van der Waals surface area contributed by atoms with Crippen molar-refractivity contribution in [3.8, 4) is 5.75 Å². The largest absolute Gasteiger partial charge is 0.496 e. The van der Waals surface area contributed by atoms with Crippen LogP contribution in [0, 0.1) is 0 Å². The standard InChI is InChI=1S/C10H9F3O5S/c1-18-8-3-2-6(4-7(8)9(14)15)19(16,17)5-10(11,12)13/h2-4H,5H2,1H3,(H,14,15). The van der Waals surface area contributed by atoms with Gasteiger partial charge in [-0.2, -0.15) is 13.2 Å². The lowest BCUT2D eigenvalue weighted by atomic mass is 10.2. The Kier molecular flexibility index (Phi) is 4.09. The fourth-order valence-electron chi connectivity index (χ4n) is 1.35. The lowest BCUT2D eigenvalue weighted by molar-refractivity contribution is -0.106. The molecule has 0 aliphatic heterocycles. The summed E-state index contributed by atoms with van der Waals surface area (Å²) in [5.41, 5.74) is -0.522. The van der Waals surface area contributed by atoms with Crippen LogP contribution in [0.25, 0.3) is 0 Å². The van der Waals surface area contributed by atoms with E-state index in [4.69, 9.17) is 5.11 Å². The number of rotatable bonds is 4. The molecule has 1 rings (SSSR count). The second-order valence-corrected chi connectivity index (χ2v) is 5.53. The van der Waals surface area contributed by atoms with E-state index in [2.05, 4.69) is 4.74 Å². The first-order chi connectivity index (χ1) is 8.57. The van der Waals surface area contributed by atoms with Crippen LogP contribution in [0.5, 0.6) is 5.75 Å². The van der Waals surface area contributed by atoms with Crippen LogP contribution in [0.15, 0.2) is 23.1 Å². The van der Waals surface area contributed by atoms with Gasteiger partial charge in [-0.25, -0.2) is 13.2 Å². The summed E-state index contributed by atoms with van der Waals surface area (Å²) in [6.07, 6.45) is -4.90. The van der Waals surface area contributed by atoms with Gasteiger partial charge in [-0.3, -0.25) is 0 Å². The van der Waals surface area contributed by atoms with Crippen molar-refractivity contribution in [3.05, 3.63) is 23.8 Å². The molecular weight excluding hydrogens is 289 g/mol. The molecule has 0 heterocycles. The van der Waals surface area contributed by atoms with Crippen LogP contribution in [0.4, 0.5) is 13.2 Å². The third-order valence-corrected chi connectivity index (χ3v) is 3.79. The number of benzene rings is 1. The van der Waals surface area contributed by atoms with Gasteiger partial charge in [0.05, 0.1) is 12.0 Å². The summed E-state index contributed by atoms with van der Waals surface area (Å²) in [5, 5.41) is 8.82. The smallest absolute Gasteiger partial charge is 0.403 e. The van der Waals surface area contributed by atoms with Crippen LogP contribution < -0.4 is 4.74 Å². The number of alkyl halides is 3. The van der Waals surface area contributed by atoms with Gasteiger partial charge in [0.1, 0.15) is 11.3 Å². The van der Waals surface area contributed by atoms with E-state index in [-0.39, 0.29) is 5.75 Å². The van der Waals surface area contributed by atoms with E-state index in [9.17, 15) is 26.4 Å². The van der Waals surface area contributed by atoms with Crippen LogP contribution in [0.2, 0.25) is 0 Å². The van der Waals surface area contributed by atoms with E-state index in [0.717, 1.165) is 19.2 Å². The molecular formula is C10H9F3O5S. The van der Waals surface area contributed by atoms with Crippen molar-refractivity contribution >= 4 is 15.8 Å². The van der Waals surface area contributed by atoms with Gasteiger partial charge in [0.15, 0.2) is 15.6 Å². The Morgan fingerprint density at radius 2 is 1.95 bits per heavy atom. The van der Waals surface area contributed by atoms with Crippen LogP contribution in [-0.2, 0) is 9.84 Å². The quantitative estimate of drug-likeness (QED) is 0.915. The van der Waals surface area contributed by atoms with Gasteiger partial charge in [0, 0.05) is 0 Å². The Labute approximate surface area is 106 Å². The summed E-state index contributed by atoms with van der Waals surface area (Å²) in [7, 11) is -3.48. The summed E-state index contributed by atoms with van der Waals surface area (Å²) in [5.74, 6) is -3.69. The zero-order valence-corrected chi connectivity index (χ0v) is 10.4. The number of hydrogen-bond acceptors (Lipinski definition) is 4. The van der Waals surface area contributed by atoms with E-state index in [1.54, 1.807) is 0 Å². The molecule has 0 saturated heterocycles. The molecule has 19 heavy (non-hydrogen) atoms. The molecule has 0 radical (unpaired) electrons. The van der Waals surface area contributed by atoms with Gasteiger partial charge >= 0.3 is 12.1 Å². The number of sulfone groups is 1. The van der Waals surface area contributed by atoms with Crippen molar-refractivity contribution in [3.63, 3.8) is 0 Å². The molecule has 0 amide bonds. The number of methoxy groups -OCH3 is 1. The van der Waals surface area contributed by atoms with Gasteiger partial charge in [0.25, 0.3) is 0 Å². The van der Waals surface area contributed by atoms with Gasteiger partial charge in [-0.05, 0) is 18.2 Å². The Morgan fingerprint density at radius 1 is 1.37 bits per heavy atom. The molecule has 0 aromatic heterocycles. The summed E-state index contributed by atoms with van der Waals surface area (Å²) in [4.78, 5) is 10.1. The Bertz CT molecular complexity index is 592. The molecule has 106 valence electrons. The summed E-state index contributed by atoms with van der Waals surface area (Å²) in [6, 6.07) is 2.50. The molecule has 1 aromatic carbocycles. The van der Waals surface area contributed by atoms with Gasteiger partial charge < -0.3 is 9.84 Å². The summed E-state index contributed by atoms with van der Waals surface area (Å²) in [6.45, 7) is 0. The molecule has 0 atom stereocenters. The number of carboxylic acids is 1. The first-order valence-corrected chi connectivity index (χ1v) is 6.43. The lowest BCUT2D eigenvalue weighted by Crippen LogP contribution is -2.23. The fourth-order valence-corrected chi connectivity index (χ4v) is 2.52. The Hall–Kier alpha value is -1.77. The summed E-state index contributed by atoms with van der Waals surface area (Å²) < 4.78 is 64.0. The highest BCUT2D eigenvalue weighted by molar-refractivity contribution is 7.91. The predicted octanol–water partition coefficient (Wildman–Crippen LogP) is 1.73. The van der Waals surface area contributed by atoms with Crippen LogP contribution in [-0.4, -0.2) is 38.5 Å². The maximum Gasteiger partial charge on any atom is 0.403 e. The van der Waals surface area contributed by atoms with Crippen LogP contribution >= 0.6 is 0 Å². The molecule has 9 heteroatoms. The highest BCUT2D eigenvalue weighted by atomic mass is 32.2. The van der Waals surface area contributed by atoms with Crippen LogP contribution in [0.3, 0.4) is 0 Å². The Morgan fingerprint density at radius 3 is 2.37 bits per heavy atom. The van der Waals surface area contributed by atoms with E-state index < -0.39 is 38.2 Å². The van der Waals surface area contributed by atoms with Gasteiger partial charge in [-0.1, -0.05) is 0 Å². The molecule has 1 N–H and O–H groups in total. The van der Waals surface area contributed by atoms with Crippen molar-refractivity contribution in [2.75, 3.05) is 12.9 Å². The fraction of sp³-hybridized carbons (Fsp3) is 0.300. The minimum absolute atomic E-state index is 0.140. The number of aromatic carboxylic acids is 1. The first kappa shape index (κ1) is 15.3. The Balaban J connectivity index is 3.30. The number of carbonyl (C=O) groups is 1. The zero-order valence-electron chi connectivity index (χ0n) is 9.56. The number of halogens is 3. The maximum atomic E-state index is 12.1. The molecule has 0 saturated carbocycles. The normalized spacial score (nSPS) is 12.2. The molecule has 0 aliphatic rings.